The van der Waals surface area contributed by atoms with Crippen LogP contribution in [0.2, 0.25) is 0 Å². The van der Waals surface area contributed by atoms with Crippen LogP contribution in [-0.4, -0.2) is 35.3 Å². The van der Waals surface area contributed by atoms with Crippen LogP contribution in [0.3, 0.4) is 0 Å². The first-order valence-electron chi connectivity index (χ1n) is 9.42. The molecule has 5 nitrogen and oxygen atoms in total. The normalized spacial score (nSPS) is 15.1. The maximum atomic E-state index is 12.6. The third kappa shape index (κ3) is 3.12. The number of nitrogens with zero attached hydrogens (tertiary/aromatic N) is 3. The van der Waals surface area contributed by atoms with E-state index < -0.39 is 11.7 Å². The zero-order valence-corrected chi connectivity index (χ0v) is 17.3. The van der Waals surface area contributed by atoms with Gasteiger partial charge in [-0.15, -0.1) is 11.3 Å². The van der Waals surface area contributed by atoms with Gasteiger partial charge in [0.1, 0.15) is 5.01 Å². The molecule has 2 heterocycles. The van der Waals surface area contributed by atoms with E-state index in [0.29, 0.717) is 23.8 Å². The molecule has 1 aliphatic heterocycles. The molecular formula is C22H23N3O2S. The van der Waals surface area contributed by atoms with Gasteiger partial charge in [-0.1, -0.05) is 32.0 Å². The number of benzene rings is 2. The van der Waals surface area contributed by atoms with E-state index in [-0.39, 0.29) is 6.04 Å². The molecule has 2 aromatic carbocycles. The number of para-hydroxylation sites is 1. The fraction of sp³-hybridized carbons (Fsp3) is 0.318. The summed E-state index contributed by atoms with van der Waals surface area (Å²) in [6.45, 7) is 6.57. The highest BCUT2D eigenvalue weighted by Gasteiger charge is 2.37. The summed E-state index contributed by atoms with van der Waals surface area (Å²) in [4.78, 5) is 33.5. The van der Waals surface area contributed by atoms with Gasteiger partial charge in [0.05, 0.1) is 34.2 Å². The first-order valence-corrected chi connectivity index (χ1v) is 10.2. The highest BCUT2D eigenvalue weighted by atomic mass is 32.1. The summed E-state index contributed by atoms with van der Waals surface area (Å²) in [6.07, 6.45) is 0. The molecule has 0 spiro atoms. The van der Waals surface area contributed by atoms with Crippen LogP contribution in [0.4, 0.5) is 5.69 Å². The molecule has 28 heavy (non-hydrogen) atoms. The van der Waals surface area contributed by atoms with Crippen LogP contribution >= 0.6 is 11.3 Å². The second-order valence-electron chi connectivity index (χ2n) is 7.59. The van der Waals surface area contributed by atoms with Crippen molar-refractivity contribution in [1.82, 2.24) is 9.88 Å². The minimum absolute atomic E-state index is 0.0271. The van der Waals surface area contributed by atoms with Crippen LogP contribution in [-0.2, 0) is 4.79 Å². The fourth-order valence-electron chi connectivity index (χ4n) is 3.42. The van der Waals surface area contributed by atoms with Gasteiger partial charge in [-0.3, -0.25) is 19.4 Å². The Bertz CT molecular complexity index is 1040. The molecule has 0 saturated carbocycles. The maximum absolute atomic E-state index is 12.6. The molecule has 0 saturated heterocycles. The average molecular weight is 394 g/mol. The first kappa shape index (κ1) is 18.8. The van der Waals surface area contributed by atoms with E-state index in [2.05, 4.69) is 26.8 Å². The molecule has 6 heteroatoms. The Morgan fingerprint density at radius 2 is 1.86 bits per heavy atom. The SMILES string of the molecule is CC(C)c1ccc2c(c1)C(=O)C(=O)N2CN(C)[C@@H](C)c1nc2ccccc2s1. The lowest BCUT2D eigenvalue weighted by Gasteiger charge is -2.28. The van der Waals surface area contributed by atoms with Gasteiger partial charge < -0.3 is 0 Å². The van der Waals surface area contributed by atoms with E-state index in [0.717, 1.165) is 20.8 Å². The van der Waals surface area contributed by atoms with Gasteiger partial charge >= 0.3 is 5.91 Å². The summed E-state index contributed by atoms with van der Waals surface area (Å²) in [5.41, 5.74) is 3.26. The molecule has 0 unspecified atom stereocenters. The second-order valence-corrected chi connectivity index (χ2v) is 8.65. The molecule has 0 aliphatic carbocycles. The second kappa shape index (κ2) is 7.11. The Kier molecular flexibility index (Phi) is 4.77. The number of ketones is 1. The zero-order chi connectivity index (χ0) is 20.0. The molecule has 0 bridgehead atoms. The van der Waals surface area contributed by atoms with Crippen molar-refractivity contribution in [2.75, 3.05) is 18.6 Å². The van der Waals surface area contributed by atoms with Crippen LogP contribution in [0.15, 0.2) is 42.5 Å². The number of thiazole rings is 1. The minimum Gasteiger partial charge on any atom is -0.291 e. The summed E-state index contributed by atoms with van der Waals surface area (Å²) in [7, 11) is 1.95. The van der Waals surface area contributed by atoms with Crippen molar-refractivity contribution in [2.45, 2.75) is 32.7 Å². The predicted molar refractivity (Wildman–Crippen MR) is 113 cm³/mol. The van der Waals surface area contributed by atoms with Crippen molar-refractivity contribution >= 4 is 38.9 Å². The summed E-state index contributed by atoms with van der Waals surface area (Å²) < 4.78 is 1.15. The average Bonchev–Trinajstić information content (AvgIpc) is 3.22. The number of aromatic nitrogens is 1. The lowest BCUT2D eigenvalue weighted by atomic mass is 9.99. The third-order valence-corrected chi connectivity index (χ3v) is 6.56. The van der Waals surface area contributed by atoms with Gasteiger partial charge in [-0.2, -0.15) is 0 Å². The monoisotopic (exact) mass is 393 g/mol. The molecule has 0 fully saturated rings. The van der Waals surface area contributed by atoms with E-state index in [9.17, 15) is 9.59 Å². The molecular weight excluding hydrogens is 370 g/mol. The third-order valence-electron chi connectivity index (χ3n) is 5.36. The van der Waals surface area contributed by atoms with E-state index in [4.69, 9.17) is 4.98 Å². The summed E-state index contributed by atoms with van der Waals surface area (Å²) in [5, 5.41) is 0.997. The maximum Gasteiger partial charge on any atom is 0.300 e. The summed E-state index contributed by atoms with van der Waals surface area (Å²) >= 11 is 1.66. The van der Waals surface area contributed by atoms with E-state index >= 15 is 0 Å². The largest absolute Gasteiger partial charge is 0.300 e. The standard InChI is InChI=1S/C22H23N3O2S/c1-13(2)15-9-10-18-16(11-15)20(26)22(27)25(18)12-24(4)14(3)21-23-17-7-5-6-8-19(17)28-21/h5-11,13-14H,12H2,1-4H3/t14-/m0/s1. The Balaban J connectivity index is 1.58. The molecule has 144 valence electrons. The van der Waals surface area contributed by atoms with Crippen LogP contribution in [0.5, 0.6) is 0 Å². The van der Waals surface area contributed by atoms with Crippen molar-refractivity contribution in [3.05, 3.63) is 58.6 Å². The molecule has 4 rings (SSSR count). The van der Waals surface area contributed by atoms with Gasteiger partial charge in [-0.05, 0) is 49.7 Å². The van der Waals surface area contributed by atoms with E-state index in [1.165, 1.54) is 0 Å². The number of Topliss-reactive ketones (excluding diaryl/α,β-unsaturated/α-hetero) is 1. The quantitative estimate of drug-likeness (QED) is 0.595. The number of carbonyl (C=O) groups is 2. The molecule has 0 N–H and O–H groups in total. The number of fused-ring (bicyclic) bond motifs is 2. The van der Waals surface area contributed by atoms with Crippen molar-refractivity contribution < 1.29 is 9.59 Å². The van der Waals surface area contributed by atoms with Crippen molar-refractivity contribution in [1.29, 1.82) is 0 Å². The number of hydrogen-bond acceptors (Lipinski definition) is 5. The fourth-order valence-corrected chi connectivity index (χ4v) is 4.51. The Morgan fingerprint density at radius 1 is 1.11 bits per heavy atom. The van der Waals surface area contributed by atoms with Gasteiger partial charge in [0.25, 0.3) is 5.78 Å². The van der Waals surface area contributed by atoms with Gasteiger partial charge in [0.15, 0.2) is 0 Å². The lowest BCUT2D eigenvalue weighted by Crippen LogP contribution is -2.40. The highest BCUT2D eigenvalue weighted by molar-refractivity contribution is 7.18. The Hall–Kier alpha value is -2.57. The Morgan fingerprint density at radius 3 is 2.57 bits per heavy atom. The number of rotatable bonds is 5. The van der Waals surface area contributed by atoms with Crippen LogP contribution < -0.4 is 4.90 Å². The van der Waals surface area contributed by atoms with Gasteiger partial charge in [-0.25, -0.2) is 4.98 Å². The molecule has 1 aromatic heterocycles. The smallest absolute Gasteiger partial charge is 0.291 e. The predicted octanol–water partition coefficient (Wildman–Crippen LogP) is 4.60. The molecule has 0 radical (unpaired) electrons. The molecule has 3 aromatic rings. The molecule has 1 amide bonds. The van der Waals surface area contributed by atoms with Crippen LogP contribution in [0.1, 0.15) is 53.7 Å². The molecule has 1 atom stereocenters. The zero-order valence-electron chi connectivity index (χ0n) is 16.5. The topological polar surface area (TPSA) is 53.5 Å². The molecule has 1 aliphatic rings. The number of amides is 1. The first-order chi connectivity index (χ1) is 13.4. The van der Waals surface area contributed by atoms with Crippen molar-refractivity contribution in [2.24, 2.45) is 0 Å². The number of carbonyl (C=O) groups excluding carboxylic acids is 2. The van der Waals surface area contributed by atoms with Gasteiger partial charge in [0, 0.05) is 0 Å². The van der Waals surface area contributed by atoms with Crippen molar-refractivity contribution in [3.8, 4) is 0 Å². The Labute approximate surface area is 168 Å². The number of hydrogen-bond donors (Lipinski definition) is 0. The van der Waals surface area contributed by atoms with E-state index in [1.807, 2.05) is 48.3 Å². The number of anilines is 1. The summed E-state index contributed by atoms with van der Waals surface area (Å²) in [5.74, 6) is -0.568. The highest BCUT2D eigenvalue weighted by Crippen LogP contribution is 2.34. The van der Waals surface area contributed by atoms with Gasteiger partial charge in [0.2, 0.25) is 0 Å². The summed E-state index contributed by atoms with van der Waals surface area (Å²) in [6, 6.07) is 13.8. The lowest BCUT2D eigenvalue weighted by molar-refractivity contribution is -0.114. The van der Waals surface area contributed by atoms with E-state index in [1.54, 1.807) is 16.2 Å². The van der Waals surface area contributed by atoms with Crippen molar-refractivity contribution in [3.63, 3.8) is 0 Å². The minimum atomic E-state index is -0.459. The van der Waals surface area contributed by atoms with Crippen LogP contribution in [0, 0.1) is 0 Å². The van der Waals surface area contributed by atoms with Crippen LogP contribution in [0.25, 0.3) is 10.2 Å².